The van der Waals surface area contributed by atoms with Crippen LogP contribution in [-0.2, 0) is 7.05 Å². The maximum Gasteiger partial charge on any atom is 0.184 e. The number of Topliss-reactive ketones (excluding diaryl/α,β-unsaturated/α-hetero) is 1. The Hall–Kier alpha value is -1.16. The molecule has 0 aromatic carbocycles. The number of carbonyl (C=O) groups excluding carboxylic acids is 1. The van der Waals surface area contributed by atoms with E-state index in [9.17, 15) is 4.79 Å². The van der Waals surface area contributed by atoms with Crippen molar-refractivity contribution in [3.05, 3.63) is 18.2 Å². The van der Waals surface area contributed by atoms with Gasteiger partial charge < -0.3 is 9.88 Å². The van der Waals surface area contributed by atoms with Crippen molar-refractivity contribution in [3.63, 3.8) is 0 Å². The molecule has 1 heterocycles. The molecule has 4 nitrogen and oxygen atoms in total. The molecule has 0 bridgehead atoms. The second-order valence-corrected chi connectivity index (χ2v) is 3.91. The molecule has 1 N–H and O–H groups in total. The van der Waals surface area contributed by atoms with E-state index in [4.69, 9.17) is 0 Å². The fourth-order valence-electron chi connectivity index (χ4n) is 1.87. The summed E-state index contributed by atoms with van der Waals surface area (Å²) in [6.45, 7) is 0. The quantitative estimate of drug-likeness (QED) is 0.715. The largest absolute Gasteiger partial charge is 0.331 e. The number of nitrogens with one attached hydrogen (secondary N) is 1. The molecular weight excluding hydrogens is 178 g/mol. The van der Waals surface area contributed by atoms with Crippen molar-refractivity contribution >= 4 is 5.78 Å². The Balaban J connectivity index is 2.01. The van der Waals surface area contributed by atoms with Crippen LogP contribution in [0.4, 0.5) is 0 Å². The monoisotopic (exact) mass is 193 g/mol. The zero-order valence-electron chi connectivity index (χ0n) is 8.53. The van der Waals surface area contributed by atoms with Crippen molar-refractivity contribution in [2.24, 2.45) is 13.0 Å². The zero-order chi connectivity index (χ0) is 10.1. The molecule has 1 saturated carbocycles. The van der Waals surface area contributed by atoms with E-state index in [1.54, 1.807) is 17.1 Å². The van der Waals surface area contributed by atoms with Gasteiger partial charge in [-0.1, -0.05) is 0 Å². The summed E-state index contributed by atoms with van der Waals surface area (Å²) in [4.78, 5) is 15.8. The molecule has 1 aliphatic rings. The molecule has 1 fully saturated rings. The smallest absolute Gasteiger partial charge is 0.184 e. The van der Waals surface area contributed by atoms with Gasteiger partial charge in [-0.2, -0.15) is 0 Å². The minimum absolute atomic E-state index is 0.197. The predicted octanol–water partition coefficient (Wildman–Crippen LogP) is 0.601. The molecule has 1 aromatic heterocycles. The third kappa shape index (κ3) is 1.46. The molecular formula is C10H15N3O. The summed E-state index contributed by atoms with van der Waals surface area (Å²) in [5.74, 6) is 0.430. The number of rotatable bonds is 3. The van der Waals surface area contributed by atoms with Crippen molar-refractivity contribution in [1.82, 2.24) is 14.9 Å². The lowest BCUT2D eigenvalue weighted by molar-refractivity contribution is 0.0807. The standard InChI is InChI=1S/C10H15N3O/c1-11-8-3-7(4-8)10(14)9-5-12-6-13(9)2/h5-8,11H,3-4H2,1-2H3. The molecule has 1 aliphatic carbocycles. The lowest BCUT2D eigenvalue weighted by atomic mass is 9.77. The number of imidazole rings is 1. The maximum absolute atomic E-state index is 11.9. The predicted molar refractivity (Wildman–Crippen MR) is 53.1 cm³/mol. The second-order valence-electron chi connectivity index (χ2n) is 3.91. The highest BCUT2D eigenvalue weighted by Gasteiger charge is 2.34. The van der Waals surface area contributed by atoms with Crippen LogP contribution in [0.25, 0.3) is 0 Å². The molecule has 14 heavy (non-hydrogen) atoms. The third-order valence-corrected chi connectivity index (χ3v) is 2.99. The van der Waals surface area contributed by atoms with Crippen molar-refractivity contribution in [2.75, 3.05) is 7.05 Å². The van der Waals surface area contributed by atoms with Crippen LogP contribution in [-0.4, -0.2) is 28.4 Å². The Bertz CT molecular complexity index is 339. The topological polar surface area (TPSA) is 46.9 Å². The Kier molecular flexibility index (Phi) is 2.37. The molecule has 0 saturated heterocycles. The van der Waals surface area contributed by atoms with Crippen LogP contribution in [0.3, 0.4) is 0 Å². The van der Waals surface area contributed by atoms with E-state index in [2.05, 4.69) is 10.3 Å². The minimum Gasteiger partial charge on any atom is -0.331 e. The van der Waals surface area contributed by atoms with Crippen LogP contribution in [0.1, 0.15) is 23.3 Å². The highest BCUT2D eigenvalue weighted by molar-refractivity contribution is 5.96. The molecule has 0 unspecified atom stereocenters. The van der Waals surface area contributed by atoms with Crippen molar-refractivity contribution < 1.29 is 4.79 Å². The summed E-state index contributed by atoms with van der Waals surface area (Å²) in [6.07, 6.45) is 5.23. The van der Waals surface area contributed by atoms with Gasteiger partial charge in [0, 0.05) is 19.0 Å². The molecule has 2 rings (SSSR count). The summed E-state index contributed by atoms with van der Waals surface area (Å²) < 4.78 is 1.79. The number of aromatic nitrogens is 2. The van der Waals surface area contributed by atoms with Crippen LogP contribution in [0, 0.1) is 5.92 Å². The van der Waals surface area contributed by atoms with Gasteiger partial charge in [0.1, 0.15) is 5.69 Å². The fraction of sp³-hybridized carbons (Fsp3) is 0.600. The summed E-state index contributed by atoms with van der Waals surface area (Å²) in [5, 5.41) is 3.17. The lowest BCUT2D eigenvalue weighted by Crippen LogP contribution is -2.42. The van der Waals surface area contributed by atoms with Gasteiger partial charge >= 0.3 is 0 Å². The van der Waals surface area contributed by atoms with Crippen LogP contribution in [0.15, 0.2) is 12.5 Å². The van der Waals surface area contributed by atoms with Crippen molar-refractivity contribution in [3.8, 4) is 0 Å². The van der Waals surface area contributed by atoms with E-state index < -0.39 is 0 Å². The number of aryl methyl sites for hydroxylation is 1. The normalized spacial score (nSPS) is 25.9. The molecule has 4 heteroatoms. The average molecular weight is 193 g/mol. The van der Waals surface area contributed by atoms with Gasteiger partial charge in [-0.25, -0.2) is 4.98 Å². The average Bonchev–Trinajstić information content (AvgIpc) is 2.49. The zero-order valence-corrected chi connectivity index (χ0v) is 8.53. The van der Waals surface area contributed by atoms with Crippen LogP contribution in [0.2, 0.25) is 0 Å². The van der Waals surface area contributed by atoms with Gasteiger partial charge in [0.25, 0.3) is 0 Å². The van der Waals surface area contributed by atoms with Crippen LogP contribution in [0.5, 0.6) is 0 Å². The first kappa shape index (κ1) is 9.40. The number of nitrogens with zero attached hydrogens (tertiary/aromatic N) is 2. The SMILES string of the molecule is CNC1CC(C(=O)c2cncn2C)C1. The number of carbonyl (C=O) groups is 1. The summed E-state index contributed by atoms with van der Waals surface area (Å²) in [7, 11) is 3.80. The molecule has 76 valence electrons. The number of hydrogen-bond acceptors (Lipinski definition) is 3. The summed E-state index contributed by atoms with van der Waals surface area (Å²) in [5.41, 5.74) is 0.726. The van der Waals surface area contributed by atoms with E-state index >= 15 is 0 Å². The maximum atomic E-state index is 11.9. The second kappa shape index (κ2) is 3.53. The Morgan fingerprint density at radius 3 is 2.86 bits per heavy atom. The van der Waals surface area contributed by atoms with E-state index in [-0.39, 0.29) is 11.7 Å². The highest BCUT2D eigenvalue weighted by Crippen LogP contribution is 2.30. The molecule has 0 aliphatic heterocycles. The van der Waals surface area contributed by atoms with Crippen LogP contribution < -0.4 is 5.32 Å². The molecule has 0 radical (unpaired) electrons. The van der Waals surface area contributed by atoms with E-state index in [1.807, 2.05) is 14.1 Å². The molecule has 0 spiro atoms. The fourth-order valence-corrected chi connectivity index (χ4v) is 1.87. The van der Waals surface area contributed by atoms with Gasteiger partial charge in [0.15, 0.2) is 5.78 Å². The van der Waals surface area contributed by atoms with Crippen LogP contribution >= 0.6 is 0 Å². The minimum atomic E-state index is 0.197. The lowest BCUT2D eigenvalue weighted by Gasteiger charge is -2.33. The molecule has 1 aromatic rings. The van der Waals surface area contributed by atoms with Gasteiger partial charge in [-0.3, -0.25) is 4.79 Å². The van der Waals surface area contributed by atoms with E-state index in [0.29, 0.717) is 6.04 Å². The Morgan fingerprint density at radius 1 is 1.64 bits per heavy atom. The van der Waals surface area contributed by atoms with Gasteiger partial charge in [-0.05, 0) is 19.9 Å². The third-order valence-electron chi connectivity index (χ3n) is 2.99. The summed E-state index contributed by atoms with van der Waals surface area (Å²) in [6, 6.07) is 0.525. The number of hydrogen-bond donors (Lipinski definition) is 1. The van der Waals surface area contributed by atoms with Gasteiger partial charge in [-0.15, -0.1) is 0 Å². The first-order valence-corrected chi connectivity index (χ1v) is 4.90. The molecule has 0 amide bonds. The first-order chi connectivity index (χ1) is 6.72. The van der Waals surface area contributed by atoms with Crippen molar-refractivity contribution in [1.29, 1.82) is 0 Å². The first-order valence-electron chi connectivity index (χ1n) is 4.90. The summed E-state index contributed by atoms with van der Waals surface area (Å²) >= 11 is 0. The number of ketones is 1. The van der Waals surface area contributed by atoms with E-state index in [0.717, 1.165) is 18.5 Å². The molecule has 0 atom stereocenters. The Morgan fingerprint density at radius 2 is 2.36 bits per heavy atom. The Labute approximate surface area is 83.3 Å². The van der Waals surface area contributed by atoms with E-state index in [1.165, 1.54) is 0 Å². The van der Waals surface area contributed by atoms with Gasteiger partial charge in [0.05, 0.1) is 12.5 Å². The van der Waals surface area contributed by atoms with Gasteiger partial charge in [0.2, 0.25) is 0 Å². The van der Waals surface area contributed by atoms with Crippen molar-refractivity contribution in [2.45, 2.75) is 18.9 Å². The highest BCUT2D eigenvalue weighted by atomic mass is 16.1.